The van der Waals surface area contributed by atoms with E-state index >= 15 is 0 Å². The van der Waals surface area contributed by atoms with E-state index in [0.29, 0.717) is 22.3 Å². The number of nitrogens with zero attached hydrogens (tertiary/aromatic N) is 2. The van der Waals surface area contributed by atoms with Crippen LogP contribution in [0.25, 0.3) is 10.9 Å². The van der Waals surface area contributed by atoms with Crippen LogP contribution in [0.1, 0.15) is 35.8 Å². The smallest absolute Gasteiger partial charge is 0.272 e. The van der Waals surface area contributed by atoms with Gasteiger partial charge in [0.1, 0.15) is 11.5 Å². The first-order chi connectivity index (χ1) is 14.8. The van der Waals surface area contributed by atoms with Crippen LogP contribution in [-0.2, 0) is 4.79 Å². The van der Waals surface area contributed by atoms with E-state index in [9.17, 15) is 14.0 Å². The minimum atomic E-state index is -0.354. The van der Waals surface area contributed by atoms with Gasteiger partial charge in [-0.05, 0) is 55.7 Å². The molecule has 4 rings (SSSR count). The highest BCUT2D eigenvalue weighted by Crippen LogP contribution is 2.26. The Hall–Kier alpha value is -3.35. The number of nitrogens with one attached hydrogen (secondary N) is 2. The Kier molecular flexibility index (Phi) is 5.67. The standard InChI is InChI=1S/C24H27FN4O2/c1-15-9-10-21(25)20-13-22(27-23(15)20)24(31)26-17-6-4-7-18(12-17)29-11-5-8-19(14-29)28(3)16(2)30/h4,6-7,9-10,12-13,19,27H,5,8,11,14H2,1-3H3,(H,26,31). The van der Waals surface area contributed by atoms with Crippen molar-refractivity contribution in [2.75, 3.05) is 30.4 Å². The molecule has 0 saturated carbocycles. The molecule has 0 radical (unpaired) electrons. The Bertz CT molecular complexity index is 1100. The molecule has 31 heavy (non-hydrogen) atoms. The molecule has 0 bridgehead atoms. The van der Waals surface area contributed by atoms with Crippen LogP contribution in [0, 0.1) is 12.7 Å². The summed E-state index contributed by atoms with van der Waals surface area (Å²) >= 11 is 0. The molecule has 1 saturated heterocycles. The SMILES string of the molecule is CC(=O)N(C)C1CCCN(c2cccc(NC(=O)c3cc4c(F)ccc(C)c4[nH]3)c2)C1. The first kappa shape index (κ1) is 20.9. The number of aromatic amines is 1. The fraction of sp³-hybridized carbons (Fsp3) is 0.333. The number of halogens is 1. The van der Waals surface area contributed by atoms with Gasteiger partial charge in [0.05, 0.1) is 5.52 Å². The number of aryl methyl sites for hydroxylation is 1. The molecule has 1 fully saturated rings. The molecule has 6 nitrogen and oxygen atoms in total. The first-order valence-corrected chi connectivity index (χ1v) is 10.5. The number of carbonyl (C=O) groups excluding carboxylic acids is 2. The Morgan fingerprint density at radius 1 is 1.23 bits per heavy atom. The molecule has 162 valence electrons. The molecule has 1 aromatic heterocycles. The minimum Gasteiger partial charge on any atom is -0.369 e. The molecular formula is C24H27FN4O2. The van der Waals surface area contributed by atoms with E-state index in [1.54, 1.807) is 24.0 Å². The number of H-pyrrole nitrogens is 1. The number of likely N-dealkylation sites (N-methyl/N-ethyl adjacent to an activating group) is 1. The second-order valence-corrected chi connectivity index (χ2v) is 8.21. The monoisotopic (exact) mass is 422 g/mol. The van der Waals surface area contributed by atoms with Crippen molar-refractivity contribution in [2.45, 2.75) is 32.7 Å². The molecule has 0 spiro atoms. The largest absolute Gasteiger partial charge is 0.369 e. The number of anilines is 2. The van der Waals surface area contributed by atoms with Crippen LogP contribution in [-0.4, -0.2) is 47.9 Å². The maximum Gasteiger partial charge on any atom is 0.272 e. The van der Waals surface area contributed by atoms with Gasteiger partial charge in [-0.25, -0.2) is 4.39 Å². The summed E-state index contributed by atoms with van der Waals surface area (Å²) in [6.07, 6.45) is 1.98. The highest BCUT2D eigenvalue weighted by Gasteiger charge is 2.25. The summed E-state index contributed by atoms with van der Waals surface area (Å²) in [6, 6.07) is 12.5. The van der Waals surface area contributed by atoms with E-state index in [0.717, 1.165) is 37.2 Å². The zero-order valence-corrected chi connectivity index (χ0v) is 18.0. The molecule has 1 aliphatic rings. The maximum absolute atomic E-state index is 14.1. The normalized spacial score (nSPS) is 16.4. The molecule has 2 amide bonds. The third-order valence-corrected chi connectivity index (χ3v) is 6.10. The van der Waals surface area contributed by atoms with E-state index in [4.69, 9.17) is 0 Å². The van der Waals surface area contributed by atoms with Gasteiger partial charge in [0, 0.05) is 49.9 Å². The second-order valence-electron chi connectivity index (χ2n) is 8.21. The lowest BCUT2D eigenvalue weighted by Gasteiger charge is -2.38. The van der Waals surface area contributed by atoms with Crippen molar-refractivity contribution in [1.82, 2.24) is 9.88 Å². The lowest BCUT2D eigenvalue weighted by Crippen LogP contribution is -2.48. The molecule has 7 heteroatoms. The van der Waals surface area contributed by atoms with Gasteiger partial charge in [0.25, 0.3) is 5.91 Å². The molecule has 1 aliphatic heterocycles. The van der Waals surface area contributed by atoms with E-state index < -0.39 is 0 Å². The van der Waals surface area contributed by atoms with Crippen molar-refractivity contribution in [3.8, 4) is 0 Å². The summed E-state index contributed by atoms with van der Waals surface area (Å²) in [5.74, 6) is -0.606. The number of rotatable bonds is 4. The van der Waals surface area contributed by atoms with Crippen LogP contribution in [0.3, 0.4) is 0 Å². The number of aromatic nitrogens is 1. The van der Waals surface area contributed by atoms with Crippen molar-refractivity contribution in [1.29, 1.82) is 0 Å². The molecule has 2 N–H and O–H groups in total. The van der Waals surface area contributed by atoms with Crippen molar-refractivity contribution >= 4 is 34.1 Å². The van der Waals surface area contributed by atoms with E-state index in [-0.39, 0.29) is 23.7 Å². The van der Waals surface area contributed by atoms with Gasteiger partial charge < -0.3 is 20.1 Å². The number of amides is 2. The number of carbonyl (C=O) groups is 2. The van der Waals surface area contributed by atoms with E-state index in [1.165, 1.54) is 6.07 Å². The van der Waals surface area contributed by atoms with Gasteiger partial charge in [0.2, 0.25) is 5.91 Å². The summed E-state index contributed by atoms with van der Waals surface area (Å²) in [7, 11) is 1.85. The zero-order chi connectivity index (χ0) is 22.1. The van der Waals surface area contributed by atoms with E-state index in [2.05, 4.69) is 15.2 Å². The molecule has 3 aromatic rings. The third kappa shape index (κ3) is 4.26. The number of hydrogen-bond donors (Lipinski definition) is 2. The zero-order valence-electron chi connectivity index (χ0n) is 18.0. The predicted octanol–water partition coefficient (Wildman–Crippen LogP) is 4.31. The lowest BCUT2D eigenvalue weighted by molar-refractivity contribution is -0.129. The molecule has 2 heterocycles. The van der Waals surface area contributed by atoms with Gasteiger partial charge in [-0.1, -0.05) is 12.1 Å². The number of benzene rings is 2. The predicted molar refractivity (Wildman–Crippen MR) is 121 cm³/mol. The van der Waals surface area contributed by atoms with Crippen LogP contribution < -0.4 is 10.2 Å². The molecule has 1 atom stereocenters. The third-order valence-electron chi connectivity index (χ3n) is 6.10. The van der Waals surface area contributed by atoms with Crippen LogP contribution >= 0.6 is 0 Å². The molecule has 2 aromatic carbocycles. The summed E-state index contributed by atoms with van der Waals surface area (Å²) in [5, 5.41) is 3.32. The fourth-order valence-corrected chi connectivity index (χ4v) is 4.19. The fourth-order valence-electron chi connectivity index (χ4n) is 4.19. The van der Waals surface area contributed by atoms with Gasteiger partial charge in [0.15, 0.2) is 0 Å². The summed E-state index contributed by atoms with van der Waals surface area (Å²) < 4.78 is 14.1. The first-order valence-electron chi connectivity index (χ1n) is 10.5. The Labute approximate surface area is 181 Å². The average molecular weight is 423 g/mol. The summed E-state index contributed by atoms with van der Waals surface area (Å²) in [4.78, 5) is 31.6. The summed E-state index contributed by atoms with van der Waals surface area (Å²) in [5.41, 5.74) is 3.49. The Morgan fingerprint density at radius 2 is 2.03 bits per heavy atom. The van der Waals surface area contributed by atoms with Gasteiger partial charge in [-0.3, -0.25) is 9.59 Å². The van der Waals surface area contributed by atoms with Crippen LogP contribution in [0.5, 0.6) is 0 Å². The molecule has 1 unspecified atom stereocenters. The molecular weight excluding hydrogens is 395 g/mol. The summed E-state index contributed by atoms with van der Waals surface area (Å²) in [6.45, 7) is 5.12. The van der Waals surface area contributed by atoms with Crippen molar-refractivity contribution in [3.05, 3.63) is 59.5 Å². The minimum absolute atomic E-state index is 0.0675. The van der Waals surface area contributed by atoms with Crippen LogP contribution in [0.2, 0.25) is 0 Å². The Morgan fingerprint density at radius 3 is 2.77 bits per heavy atom. The maximum atomic E-state index is 14.1. The highest BCUT2D eigenvalue weighted by atomic mass is 19.1. The second kappa shape index (κ2) is 8.41. The topological polar surface area (TPSA) is 68.4 Å². The van der Waals surface area contributed by atoms with Crippen molar-refractivity contribution < 1.29 is 14.0 Å². The van der Waals surface area contributed by atoms with Crippen molar-refractivity contribution in [2.24, 2.45) is 0 Å². The Balaban J connectivity index is 1.51. The number of fused-ring (bicyclic) bond motifs is 1. The average Bonchev–Trinajstić information content (AvgIpc) is 3.23. The lowest BCUT2D eigenvalue weighted by atomic mass is 10.0. The van der Waals surface area contributed by atoms with Crippen LogP contribution in [0.15, 0.2) is 42.5 Å². The van der Waals surface area contributed by atoms with Crippen LogP contribution in [0.4, 0.5) is 15.8 Å². The number of piperidine rings is 1. The number of hydrogen-bond acceptors (Lipinski definition) is 3. The van der Waals surface area contributed by atoms with Crippen molar-refractivity contribution in [3.63, 3.8) is 0 Å². The quantitative estimate of drug-likeness (QED) is 0.658. The highest BCUT2D eigenvalue weighted by molar-refractivity contribution is 6.06. The van der Waals surface area contributed by atoms with Gasteiger partial charge in [-0.15, -0.1) is 0 Å². The molecule has 0 aliphatic carbocycles. The van der Waals surface area contributed by atoms with E-state index in [1.807, 2.05) is 38.2 Å². The van der Waals surface area contributed by atoms with Gasteiger partial charge in [-0.2, -0.15) is 0 Å². The van der Waals surface area contributed by atoms with Gasteiger partial charge >= 0.3 is 0 Å².